The van der Waals surface area contributed by atoms with E-state index >= 15 is 0 Å². The molecule has 0 fully saturated rings. The Bertz CT molecular complexity index is 485. The van der Waals surface area contributed by atoms with Crippen molar-refractivity contribution in [3.63, 3.8) is 0 Å². The van der Waals surface area contributed by atoms with E-state index in [1.54, 1.807) is 4.90 Å². The SMILES string of the molecule is CC(C)CC(NC1CCOc2ccccc21)C(=O)N(C)C. The maximum atomic E-state index is 12.4. The van der Waals surface area contributed by atoms with Gasteiger partial charge in [0.15, 0.2) is 0 Å². The number of ether oxygens (including phenoxy) is 1. The molecule has 1 aromatic carbocycles. The van der Waals surface area contributed by atoms with Crippen LogP contribution in [-0.4, -0.2) is 37.6 Å². The number of rotatable bonds is 5. The van der Waals surface area contributed by atoms with E-state index in [1.807, 2.05) is 32.3 Å². The summed E-state index contributed by atoms with van der Waals surface area (Å²) in [6.45, 7) is 4.99. The number of hydrogen-bond acceptors (Lipinski definition) is 3. The number of para-hydroxylation sites is 1. The van der Waals surface area contributed by atoms with Gasteiger partial charge in [-0.15, -0.1) is 0 Å². The van der Waals surface area contributed by atoms with Crippen LogP contribution in [0.5, 0.6) is 5.75 Å². The zero-order valence-corrected chi connectivity index (χ0v) is 13.4. The predicted molar refractivity (Wildman–Crippen MR) is 84.4 cm³/mol. The number of fused-ring (bicyclic) bond motifs is 1. The number of carbonyl (C=O) groups excluding carboxylic acids is 1. The minimum absolute atomic E-state index is 0.142. The summed E-state index contributed by atoms with van der Waals surface area (Å²) in [5, 5.41) is 3.55. The molecule has 2 unspecified atom stereocenters. The lowest BCUT2D eigenvalue weighted by Crippen LogP contribution is -2.46. The van der Waals surface area contributed by atoms with Crippen LogP contribution < -0.4 is 10.1 Å². The molecule has 0 saturated heterocycles. The third kappa shape index (κ3) is 3.97. The zero-order valence-electron chi connectivity index (χ0n) is 13.4. The van der Waals surface area contributed by atoms with Crippen molar-refractivity contribution >= 4 is 5.91 Å². The summed E-state index contributed by atoms with van der Waals surface area (Å²) < 4.78 is 5.69. The smallest absolute Gasteiger partial charge is 0.239 e. The van der Waals surface area contributed by atoms with E-state index in [2.05, 4.69) is 25.2 Å². The van der Waals surface area contributed by atoms with Crippen LogP contribution in [0.4, 0.5) is 0 Å². The van der Waals surface area contributed by atoms with E-state index in [4.69, 9.17) is 4.74 Å². The first-order valence-electron chi connectivity index (χ1n) is 7.68. The van der Waals surface area contributed by atoms with Gasteiger partial charge >= 0.3 is 0 Å². The van der Waals surface area contributed by atoms with Gasteiger partial charge in [0.2, 0.25) is 5.91 Å². The number of benzene rings is 1. The van der Waals surface area contributed by atoms with Crippen LogP contribution in [0.2, 0.25) is 0 Å². The van der Waals surface area contributed by atoms with Gasteiger partial charge in [-0.05, 0) is 18.4 Å². The van der Waals surface area contributed by atoms with Crippen molar-refractivity contribution in [1.29, 1.82) is 0 Å². The summed E-state index contributed by atoms with van der Waals surface area (Å²) in [5.74, 6) is 1.55. The Hall–Kier alpha value is -1.55. The molecule has 1 aliphatic rings. The highest BCUT2D eigenvalue weighted by molar-refractivity contribution is 5.81. The summed E-state index contributed by atoms with van der Waals surface area (Å²) >= 11 is 0. The Morgan fingerprint density at radius 2 is 2.10 bits per heavy atom. The van der Waals surface area contributed by atoms with E-state index in [-0.39, 0.29) is 18.0 Å². The fourth-order valence-electron chi connectivity index (χ4n) is 2.78. The van der Waals surface area contributed by atoms with Gasteiger partial charge in [-0.1, -0.05) is 32.0 Å². The Balaban J connectivity index is 2.15. The average molecular weight is 290 g/mol. The summed E-state index contributed by atoms with van der Waals surface area (Å²) in [7, 11) is 3.63. The highest BCUT2D eigenvalue weighted by Gasteiger charge is 2.28. The van der Waals surface area contributed by atoms with Gasteiger partial charge in [0.1, 0.15) is 5.75 Å². The summed E-state index contributed by atoms with van der Waals surface area (Å²) in [6.07, 6.45) is 1.74. The lowest BCUT2D eigenvalue weighted by atomic mass is 9.96. The van der Waals surface area contributed by atoms with E-state index in [0.29, 0.717) is 12.5 Å². The second-order valence-electron chi connectivity index (χ2n) is 6.31. The topological polar surface area (TPSA) is 41.6 Å². The number of carbonyl (C=O) groups is 1. The van der Waals surface area contributed by atoms with E-state index in [1.165, 1.54) is 0 Å². The van der Waals surface area contributed by atoms with Gasteiger partial charge in [-0.25, -0.2) is 0 Å². The second-order valence-corrected chi connectivity index (χ2v) is 6.31. The predicted octanol–water partition coefficient (Wildman–Crippen LogP) is 2.60. The molecule has 4 nitrogen and oxygen atoms in total. The lowest BCUT2D eigenvalue weighted by molar-refractivity contribution is -0.131. The molecule has 0 saturated carbocycles. The Kier molecular flexibility index (Phi) is 5.23. The Labute approximate surface area is 127 Å². The average Bonchev–Trinajstić information content (AvgIpc) is 2.45. The van der Waals surface area contributed by atoms with E-state index < -0.39 is 0 Å². The molecule has 1 N–H and O–H groups in total. The van der Waals surface area contributed by atoms with Crippen LogP contribution >= 0.6 is 0 Å². The molecule has 1 amide bonds. The first kappa shape index (κ1) is 15.8. The second kappa shape index (κ2) is 6.94. The van der Waals surface area contributed by atoms with Crippen molar-refractivity contribution < 1.29 is 9.53 Å². The van der Waals surface area contributed by atoms with Gasteiger partial charge in [0, 0.05) is 32.1 Å². The third-order valence-electron chi connectivity index (χ3n) is 3.81. The van der Waals surface area contributed by atoms with Gasteiger partial charge in [-0.3, -0.25) is 10.1 Å². The number of nitrogens with one attached hydrogen (secondary N) is 1. The molecule has 0 radical (unpaired) electrons. The lowest BCUT2D eigenvalue weighted by Gasteiger charge is -2.31. The normalized spacial score (nSPS) is 18.8. The molecule has 1 aromatic rings. The largest absolute Gasteiger partial charge is 0.493 e. The molecule has 2 rings (SSSR count). The van der Waals surface area contributed by atoms with Crippen molar-refractivity contribution in [3.8, 4) is 5.75 Å². The van der Waals surface area contributed by atoms with Crippen molar-refractivity contribution in [3.05, 3.63) is 29.8 Å². The molecule has 2 atom stereocenters. The van der Waals surface area contributed by atoms with Crippen LogP contribution in [-0.2, 0) is 4.79 Å². The zero-order chi connectivity index (χ0) is 15.4. The molecular weight excluding hydrogens is 264 g/mol. The maximum Gasteiger partial charge on any atom is 0.239 e. The highest BCUT2D eigenvalue weighted by atomic mass is 16.5. The van der Waals surface area contributed by atoms with Crippen LogP contribution in [0, 0.1) is 5.92 Å². The molecule has 4 heteroatoms. The number of likely N-dealkylation sites (N-methyl/N-ethyl adjacent to an activating group) is 1. The number of nitrogens with zero attached hydrogens (tertiary/aromatic N) is 1. The van der Waals surface area contributed by atoms with Gasteiger partial charge in [-0.2, -0.15) is 0 Å². The highest BCUT2D eigenvalue weighted by Crippen LogP contribution is 2.32. The van der Waals surface area contributed by atoms with Gasteiger partial charge in [0.25, 0.3) is 0 Å². The summed E-state index contributed by atoms with van der Waals surface area (Å²) in [5.41, 5.74) is 1.16. The summed E-state index contributed by atoms with van der Waals surface area (Å²) in [6, 6.07) is 8.12. The molecule has 0 aliphatic carbocycles. The van der Waals surface area contributed by atoms with Crippen molar-refractivity contribution in [2.24, 2.45) is 5.92 Å². The maximum absolute atomic E-state index is 12.4. The summed E-state index contributed by atoms with van der Waals surface area (Å²) in [4.78, 5) is 14.1. The minimum Gasteiger partial charge on any atom is -0.493 e. The number of amides is 1. The molecule has 0 spiro atoms. The van der Waals surface area contributed by atoms with Gasteiger partial charge in [0.05, 0.1) is 12.6 Å². The number of hydrogen-bond donors (Lipinski definition) is 1. The molecule has 116 valence electrons. The standard InChI is InChI=1S/C17H26N2O2/c1-12(2)11-15(17(20)19(3)4)18-14-9-10-21-16-8-6-5-7-13(14)16/h5-8,12,14-15,18H,9-11H2,1-4H3. The molecule has 0 aromatic heterocycles. The molecule has 1 heterocycles. The Morgan fingerprint density at radius 3 is 2.76 bits per heavy atom. The quantitative estimate of drug-likeness (QED) is 0.906. The Morgan fingerprint density at radius 1 is 1.38 bits per heavy atom. The first-order valence-corrected chi connectivity index (χ1v) is 7.68. The first-order chi connectivity index (χ1) is 9.99. The van der Waals surface area contributed by atoms with Crippen molar-refractivity contribution in [2.75, 3.05) is 20.7 Å². The van der Waals surface area contributed by atoms with Crippen LogP contribution in [0.25, 0.3) is 0 Å². The van der Waals surface area contributed by atoms with Crippen LogP contribution in [0.1, 0.15) is 38.3 Å². The fraction of sp³-hybridized carbons (Fsp3) is 0.588. The van der Waals surface area contributed by atoms with Crippen LogP contribution in [0.15, 0.2) is 24.3 Å². The molecule has 0 bridgehead atoms. The van der Waals surface area contributed by atoms with E-state index in [9.17, 15) is 4.79 Å². The molecule has 1 aliphatic heterocycles. The minimum atomic E-state index is -0.142. The van der Waals surface area contributed by atoms with Crippen molar-refractivity contribution in [1.82, 2.24) is 10.2 Å². The monoisotopic (exact) mass is 290 g/mol. The fourth-order valence-corrected chi connectivity index (χ4v) is 2.78. The third-order valence-corrected chi connectivity index (χ3v) is 3.81. The van der Waals surface area contributed by atoms with Crippen LogP contribution in [0.3, 0.4) is 0 Å². The molecule has 21 heavy (non-hydrogen) atoms. The van der Waals surface area contributed by atoms with E-state index in [0.717, 1.165) is 24.2 Å². The molecular formula is C17H26N2O2. The van der Waals surface area contributed by atoms with Gasteiger partial charge < -0.3 is 9.64 Å². The van der Waals surface area contributed by atoms with Crippen molar-refractivity contribution in [2.45, 2.75) is 38.8 Å².